The van der Waals surface area contributed by atoms with E-state index in [1.807, 2.05) is 0 Å². The molecule has 0 amide bonds. The number of pyridine rings is 1. The molecule has 3 N–H and O–H groups in total. The van der Waals surface area contributed by atoms with Crippen LogP contribution in [0.5, 0.6) is 0 Å². The summed E-state index contributed by atoms with van der Waals surface area (Å²) in [4.78, 5) is 3.81. The van der Waals surface area contributed by atoms with Crippen LogP contribution >= 0.6 is 12.2 Å². The van der Waals surface area contributed by atoms with Crippen molar-refractivity contribution in [3.8, 4) is 0 Å². The van der Waals surface area contributed by atoms with Crippen LogP contribution in [-0.2, 0) is 12.7 Å². The molecule has 1 aromatic carbocycles. The summed E-state index contributed by atoms with van der Waals surface area (Å²) in [6, 6.07) is 6.89. The number of rotatable bonds is 4. The first-order valence-electron chi connectivity index (χ1n) is 6.02. The molecule has 2 aromatic rings. The second-order valence-electron chi connectivity index (χ2n) is 4.33. The summed E-state index contributed by atoms with van der Waals surface area (Å²) in [6.45, 7) is 0.434. The molecule has 110 valence electrons. The van der Waals surface area contributed by atoms with Crippen LogP contribution in [0.1, 0.15) is 16.7 Å². The van der Waals surface area contributed by atoms with Gasteiger partial charge in [-0.25, -0.2) is 0 Å². The first-order chi connectivity index (χ1) is 9.88. The van der Waals surface area contributed by atoms with Crippen LogP contribution in [-0.4, -0.2) is 9.97 Å². The minimum Gasteiger partial charge on any atom is -0.389 e. The highest BCUT2D eigenvalue weighted by molar-refractivity contribution is 7.80. The Morgan fingerprint density at radius 2 is 1.86 bits per heavy atom. The van der Waals surface area contributed by atoms with E-state index in [1.165, 1.54) is 6.07 Å². The lowest BCUT2D eigenvalue weighted by Crippen LogP contribution is -2.15. The molecular weight excluding hydrogens is 299 g/mol. The number of halogens is 3. The fourth-order valence-corrected chi connectivity index (χ4v) is 1.95. The Balaban J connectivity index is 2.25. The molecule has 0 spiro atoms. The first-order valence-corrected chi connectivity index (χ1v) is 6.42. The molecule has 7 heteroatoms. The van der Waals surface area contributed by atoms with E-state index in [4.69, 9.17) is 18.0 Å². The molecule has 0 aliphatic heterocycles. The Bertz CT molecular complexity index is 642. The standard InChI is InChI=1S/C14H12F3N3S/c15-14(16,17)10-1-2-12(11(7-10)13(18)21)20-8-9-3-5-19-6-4-9/h1-7,20H,8H2,(H2,18,21). The lowest BCUT2D eigenvalue weighted by Gasteiger charge is -2.14. The summed E-state index contributed by atoms with van der Waals surface area (Å²) in [6.07, 6.45) is -1.15. The molecule has 0 radical (unpaired) electrons. The van der Waals surface area contributed by atoms with Gasteiger partial charge in [0.05, 0.1) is 5.56 Å². The summed E-state index contributed by atoms with van der Waals surface area (Å²) < 4.78 is 38.1. The van der Waals surface area contributed by atoms with Crippen LogP contribution in [0, 0.1) is 0 Å². The number of benzene rings is 1. The second-order valence-corrected chi connectivity index (χ2v) is 4.77. The second kappa shape index (κ2) is 6.09. The van der Waals surface area contributed by atoms with Crippen LogP contribution < -0.4 is 11.1 Å². The molecule has 0 saturated heterocycles. The van der Waals surface area contributed by atoms with Crippen LogP contribution in [0.4, 0.5) is 18.9 Å². The average molecular weight is 311 g/mol. The Hall–Kier alpha value is -2.15. The van der Waals surface area contributed by atoms with Gasteiger partial charge < -0.3 is 11.1 Å². The third-order valence-corrected chi connectivity index (χ3v) is 3.06. The third kappa shape index (κ3) is 3.91. The highest BCUT2D eigenvalue weighted by Gasteiger charge is 2.31. The summed E-state index contributed by atoms with van der Waals surface area (Å²) >= 11 is 4.82. The largest absolute Gasteiger partial charge is 0.416 e. The van der Waals surface area contributed by atoms with Gasteiger partial charge in [0.25, 0.3) is 0 Å². The van der Waals surface area contributed by atoms with E-state index < -0.39 is 11.7 Å². The maximum absolute atomic E-state index is 12.7. The predicted molar refractivity (Wildman–Crippen MR) is 78.9 cm³/mol. The Kier molecular flexibility index (Phi) is 4.42. The minimum atomic E-state index is -4.43. The predicted octanol–water partition coefficient (Wildman–Crippen LogP) is 3.35. The molecule has 0 bridgehead atoms. The first kappa shape index (κ1) is 15.2. The summed E-state index contributed by atoms with van der Waals surface area (Å²) in [5, 5.41) is 3.03. The maximum atomic E-state index is 12.7. The quantitative estimate of drug-likeness (QED) is 0.850. The molecule has 2 rings (SSSR count). The number of nitrogens with one attached hydrogen (secondary N) is 1. The van der Waals surface area contributed by atoms with E-state index in [2.05, 4.69) is 10.3 Å². The number of anilines is 1. The van der Waals surface area contributed by atoms with E-state index in [9.17, 15) is 13.2 Å². The SMILES string of the molecule is NC(=S)c1cc(C(F)(F)F)ccc1NCc1ccncc1. The molecule has 0 atom stereocenters. The van der Waals surface area contributed by atoms with Gasteiger partial charge >= 0.3 is 6.18 Å². The van der Waals surface area contributed by atoms with Crippen LogP contribution in [0.25, 0.3) is 0 Å². The number of alkyl halides is 3. The molecule has 0 saturated carbocycles. The monoisotopic (exact) mass is 311 g/mol. The average Bonchev–Trinajstić information content (AvgIpc) is 2.45. The van der Waals surface area contributed by atoms with Crippen LogP contribution in [0.3, 0.4) is 0 Å². The number of hydrogen-bond donors (Lipinski definition) is 2. The molecule has 0 fully saturated rings. The molecule has 0 aliphatic carbocycles. The highest BCUT2D eigenvalue weighted by atomic mass is 32.1. The number of thiocarbonyl (C=S) groups is 1. The van der Waals surface area contributed by atoms with Gasteiger partial charge in [-0.15, -0.1) is 0 Å². The topological polar surface area (TPSA) is 50.9 Å². The summed E-state index contributed by atoms with van der Waals surface area (Å²) in [5.74, 6) is 0. The zero-order valence-corrected chi connectivity index (χ0v) is 11.6. The van der Waals surface area contributed by atoms with Gasteiger partial charge in [-0.2, -0.15) is 13.2 Å². The van der Waals surface area contributed by atoms with E-state index in [1.54, 1.807) is 24.5 Å². The van der Waals surface area contributed by atoms with Crippen molar-refractivity contribution in [2.75, 3.05) is 5.32 Å². The fourth-order valence-electron chi connectivity index (χ4n) is 1.78. The zero-order chi connectivity index (χ0) is 15.5. The van der Waals surface area contributed by atoms with Crippen molar-refractivity contribution in [3.63, 3.8) is 0 Å². The molecule has 0 unspecified atom stereocenters. The normalized spacial score (nSPS) is 11.2. The molecule has 3 nitrogen and oxygen atoms in total. The number of hydrogen-bond acceptors (Lipinski definition) is 3. The van der Waals surface area contributed by atoms with Crippen molar-refractivity contribution < 1.29 is 13.2 Å². The van der Waals surface area contributed by atoms with Crippen LogP contribution in [0.15, 0.2) is 42.7 Å². The van der Waals surface area contributed by atoms with Crippen molar-refractivity contribution in [2.24, 2.45) is 5.73 Å². The Labute approximate surface area is 125 Å². The molecule has 1 aromatic heterocycles. The van der Waals surface area contributed by atoms with Crippen molar-refractivity contribution in [1.29, 1.82) is 0 Å². The summed E-state index contributed by atoms with van der Waals surface area (Å²) in [5.41, 5.74) is 6.32. The maximum Gasteiger partial charge on any atom is 0.416 e. The van der Waals surface area contributed by atoms with E-state index in [0.717, 1.165) is 17.7 Å². The number of nitrogens with two attached hydrogens (primary N) is 1. The van der Waals surface area contributed by atoms with Gasteiger partial charge in [0.1, 0.15) is 4.99 Å². The van der Waals surface area contributed by atoms with Gasteiger partial charge in [0, 0.05) is 30.2 Å². The minimum absolute atomic E-state index is 0.0849. The highest BCUT2D eigenvalue weighted by Crippen LogP contribution is 2.32. The lowest BCUT2D eigenvalue weighted by atomic mass is 10.1. The number of aromatic nitrogens is 1. The smallest absolute Gasteiger partial charge is 0.389 e. The van der Waals surface area contributed by atoms with Gasteiger partial charge in [0.2, 0.25) is 0 Å². The molecule has 1 heterocycles. The fraction of sp³-hybridized carbons (Fsp3) is 0.143. The van der Waals surface area contributed by atoms with Crippen molar-refractivity contribution in [2.45, 2.75) is 12.7 Å². The van der Waals surface area contributed by atoms with Crippen LogP contribution in [0.2, 0.25) is 0 Å². The molecular formula is C14H12F3N3S. The van der Waals surface area contributed by atoms with Crippen molar-refractivity contribution in [3.05, 3.63) is 59.4 Å². The summed E-state index contributed by atoms with van der Waals surface area (Å²) in [7, 11) is 0. The zero-order valence-electron chi connectivity index (χ0n) is 10.8. The number of nitrogens with zero attached hydrogens (tertiary/aromatic N) is 1. The Morgan fingerprint density at radius 3 is 2.43 bits per heavy atom. The molecule has 21 heavy (non-hydrogen) atoms. The van der Waals surface area contributed by atoms with Gasteiger partial charge in [-0.3, -0.25) is 4.98 Å². The van der Waals surface area contributed by atoms with Gasteiger partial charge in [-0.1, -0.05) is 12.2 Å². The molecule has 0 aliphatic rings. The lowest BCUT2D eigenvalue weighted by molar-refractivity contribution is -0.137. The van der Waals surface area contributed by atoms with Crippen molar-refractivity contribution >= 4 is 22.9 Å². The van der Waals surface area contributed by atoms with E-state index in [-0.39, 0.29) is 10.6 Å². The van der Waals surface area contributed by atoms with Gasteiger partial charge in [0.15, 0.2) is 0 Å². The van der Waals surface area contributed by atoms with Gasteiger partial charge in [-0.05, 0) is 35.9 Å². The van der Waals surface area contributed by atoms with E-state index >= 15 is 0 Å². The van der Waals surface area contributed by atoms with Crippen molar-refractivity contribution in [1.82, 2.24) is 4.98 Å². The third-order valence-electron chi connectivity index (χ3n) is 2.84. The Morgan fingerprint density at radius 1 is 1.19 bits per heavy atom. The van der Waals surface area contributed by atoms with E-state index in [0.29, 0.717) is 12.2 Å².